The van der Waals surface area contributed by atoms with Gasteiger partial charge >= 0.3 is 0 Å². The first-order valence-corrected chi connectivity index (χ1v) is 6.20. The Morgan fingerprint density at radius 2 is 2.33 bits per heavy atom. The van der Waals surface area contributed by atoms with E-state index in [-0.39, 0.29) is 6.04 Å². The molecule has 0 fully saturated rings. The minimum absolute atomic E-state index is 0.223. The summed E-state index contributed by atoms with van der Waals surface area (Å²) in [6, 6.07) is 10.0. The summed E-state index contributed by atoms with van der Waals surface area (Å²) in [6.45, 7) is 7.94. The van der Waals surface area contributed by atoms with Crippen molar-refractivity contribution in [2.75, 3.05) is 19.8 Å². The molecule has 1 aromatic rings. The highest BCUT2D eigenvalue weighted by atomic mass is 16.5. The van der Waals surface area contributed by atoms with Crippen molar-refractivity contribution in [2.24, 2.45) is 0 Å². The molecule has 96 valence electrons. The number of hydrogen-bond donors (Lipinski definition) is 1. The van der Waals surface area contributed by atoms with Gasteiger partial charge < -0.3 is 10.1 Å². The Bertz CT molecular complexity index is 409. The van der Waals surface area contributed by atoms with Crippen LogP contribution in [0.3, 0.4) is 0 Å². The maximum absolute atomic E-state index is 8.84. The summed E-state index contributed by atoms with van der Waals surface area (Å²) in [5.41, 5.74) is 1.82. The molecular weight excluding hydrogens is 224 g/mol. The molecule has 1 rings (SSSR count). The highest BCUT2D eigenvalue weighted by Gasteiger charge is 2.04. The van der Waals surface area contributed by atoms with E-state index in [0.29, 0.717) is 12.2 Å². The summed E-state index contributed by atoms with van der Waals surface area (Å²) in [5, 5.41) is 12.2. The summed E-state index contributed by atoms with van der Waals surface area (Å²) < 4.78 is 5.42. The third-order valence-electron chi connectivity index (χ3n) is 2.68. The molecule has 0 aromatic heterocycles. The zero-order chi connectivity index (χ0) is 13.2. The zero-order valence-electron chi connectivity index (χ0n) is 10.9. The van der Waals surface area contributed by atoms with Crippen molar-refractivity contribution < 1.29 is 4.74 Å². The van der Waals surface area contributed by atoms with E-state index >= 15 is 0 Å². The van der Waals surface area contributed by atoms with Crippen molar-refractivity contribution in [1.82, 2.24) is 5.32 Å². The number of nitrogens with one attached hydrogen (secondary N) is 1. The van der Waals surface area contributed by atoms with Crippen LogP contribution in [0, 0.1) is 11.3 Å². The smallest absolute Gasteiger partial charge is 0.0991 e. The van der Waals surface area contributed by atoms with Crippen LogP contribution in [0.25, 0.3) is 0 Å². The zero-order valence-corrected chi connectivity index (χ0v) is 10.9. The SMILES string of the molecule is C=CCCOCCNC(C)c1cccc(C#N)c1. The van der Waals surface area contributed by atoms with E-state index in [2.05, 4.69) is 24.9 Å². The van der Waals surface area contributed by atoms with Gasteiger partial charge in [-0.2, -0.15) is 5.26 Å². The number of hydrogen-bond acceptors (Lipinski definition) is 3. The topological polar surface area (TPSA) is 45.0 Å². The number of benzene rings is 1. The minimum atomic E-state index is 0.223. The fourth-order valence-electron chi connectivity index (χ4n) is 1.61. The van der Waals surface area contributed by atoms with Gasteiger partial charge in [-0.15, -0.1) is 6.58 Å². The van der Waals surface area contributed by atoms with E-state index < -0.39 is 0 Å². The maximum Gasteiger partial charge on any atom is 0.0991 e. The van der Waals surface area contributed by atoms with Crippen molar-refractivity contribution in [2.45, 2.75) is 19.4 Å². The van der Waals surface area contributed by atoms with E-state index in [9.17, 15) is 0 Å². The Labute approximate surface area is 109 Å². The molecular formula is C15H20N2O. The maximum atomic E-state index is 8.84. The van der Waals surface area contributed by atoms with Crippen LogP contribution in [-0.2, 0) is 4.74 Å². The number of ether oxygens (including phenoxy) is 1. The van der Waals surface area contributed by atoms with E-state index in [1.807, 2.05) is 30.3 Å². The third kappa shape index (κ3) is 5.13. The quantitative estimate of drug-likeness (QED) is 0.565. The third-order valence-corrected chi connectivity index (χ3v) is 2.68. The lowest BCUT2D eigenvalue weighted by atomic mass is 10.1. The van der Waals surface area contributed by atoms with Gasteiger partial charge in [0.05, 0.1) is 24.8 Å². The van der Waals surface area contributed by atoms with Crippen molar-refractivity contribution in [3.05, 3.63) is 48.0 Å². The van der Waals surface area contributed by atoms with Gasteiger partial charge in [-0.1, -0.05) is 18.2 Å². The van der Waals surface area contributed by atoms with Crippen molar-refractivity contribution in [3.8, 4) is 6.07 Å². The van der Waals surface area contributed by atoms with Crippen LogP contribution in [0.2, 0.25) is 0 Å². The van der Waals surface area contributed by atoms with Crippen LogP contribution >= 0.6 is 0 Å². The lowest BCUT2D eigenvalue weighted by Crippen LogP contribution is -2.23. The summed E-state index contributed by atoms with van der Waals surface area (Å²) >= 11 is 0. The standard InChI is InChI=1S/C15H20N2O/c1-3-4-9-18-10-8-17-13(2)15-7-5-6-14(11-15)12-16/h3,5-7,11,13,17H,1,4,8-10H2,2H3. The Balaban J connectivity index is 2.29. The minimum Gasteiger partial charge on any atom is -0.380 e. The molecule has 0 saturated carbocycles. The number of nitrogens with zero attached hydrogens (tertiary/aromatic N) is 1. The molecule has 1 unspecified atom stereocenters. The highest BCUT2D eigenvalue weighted by Crippen LogP contribution is 2.13. The second-order valence-corrected chi connectivity index (χ2v) is 4.10. The van der Waals surface area contributed by atoms with Crippen molar-refractivity contribution in [3.63, 3.8) is 0 Å². The Morgan fingerprint density at radius 1 is 1.50 bits per heavy atom. The van der Waals surface area contributed by atoms with E-state index in [0.717, 1.165) is 25.1 Å². The molecule has 0 bridgehead atoms. The fourth-order valence-corrected chi connectivity index (χ4v) is 1.61. The highest BCUT2D eigenvalue weighted by molar-refractivity contribution is 5.33. The van der Waals surface area contributed by atoms with Gasteiger partial charge in [0.1, 0.15) is 0 Å². The van der Waals surface area contributed by atoms with Crippen molar-refractivity contribution >= 4 is 0 Å². The molecule has 3 heteroatoms. The summed E-state index contributed by atoms with van der Waals surface area (Å²) in [6.07, 6.45) is 2.74. The molecule has 0 heterocycles. The van der Waals surface area contributed by atoms with Crippen molar-refractivity contribution in [1.29, 1.82) is 5.26 Å². The second-order valence-electron chi connectivity index (χ2n) is 4.10. The lowest BCUT2D eigenvalue weighted by Gasteiger charge is -2.14. The van der Waals surface area contributed by atoms with Crippen LogP contribution in [-0.4, -0.2) is 19.8 Å². The molecule has 0 aliphatic carbocycles. The molecule has 3 nitrogen and oxygen atoms in total. The summed E-state index contributed by atoms with van der Waals surface area (Å²) in [5.74, 6) is 0. The van der Waals surface area contributed by atoms with Crippen LogP contribution in [0.1, 0.15) is 30.5 Å². The number of nitriles is 1. The largest absolute Gasteiger partial charge is 0.380 e. The molecule has 18 heavy (non-hydrogen) atoms. The normalized spacial score (nSPS) is 11.8. The monoisotopic (exact) mass is 244 g/mol. The molecule has 0 amide bonds. The van der Waals surface area contributed by atoms with Gasteiger partial charge in [0.2, 0.25) is 0 Å². The first-order chi connectivity index (χ1) is 8.77. The Morgan fingerprint density at radius 3 is 3.06 bits per heavy atom. The average molecular weight is 244 g/mol. The van der Waals surface area contributed by atoms with Crippen LogP contribution < -0.4 is 5.32 Å². The molecule has 0 radical (unpaired) electrons. The van der Waals surface area contributed by atoms with Crippen LogP contribution in [0.15, 0.2) is 36.9 Å². The Hall–Kier alpha value is -1.63. The van der Waals surface area contributed by atoms with E-state index in [4.69, 9.17) is 10.00 Å². The fraction of sp³-hybridized carbons (Fsp3) is 0.400. The van der Waals surface area contributed by atoms with Gasteiger partial charge in [-0.3, -0.25) is 0 Å². The lowest BCUT2D eigenvalue weighted by molar-refractivity contribution is 0.138. The van der Waals surface area contributed by atoms with E-state index in [1.165, 1.54) is 0 Å². The molecule has 1 atom stereocenters. The first-order valence-electron chi connectivity index (χ1n) is 6.20. The molecule has 0 aliphatic rings. The average Bonchev–Trinajstić information content (AvgIpc) is 2.42. The predicted molar refractivity (Wildman–Crippen MR) is 73.2 cm³/mol. The Kier molecular flexibility index (Phi) is 6.78. The van der Waals surface area contributed by atoms with Gasteiger partial charge in [0.15, 0.2) is 0 Å². The predicted octanol–water partition coefficient (Wildman–Crippen LogP) is 2.80. The second kappa shape index (κ2) is 8.46. The van der Waals surface area contributed by atoms with Gasteiger partial charge in [-0.05, 0) is 31.0 Å². The molecule has 0 aliphatic heterocycles. The summed E-state index contributed by atoms with van der Waals surface area (Å²) in [7, 11) is 0. The molecule has 1 aromatic carbocycles. The molecule has 0 saturated heterocycles. The summed E-state index contributed by atoms with van der Waals surface area (Å²) in [4.78, 5) is 0. The van der Waals surface area contributed by atoms with Gasteiger partial charge in [-0.25, -0.2) is 0 Å². The van der Waals surface area contributed by atoms with Crippen LogP contribution in [0.4, 0.5) is 0 Å². The molecule has 0 spiro atoms. The first kappa shape index (κ1) is 14.4. The number of rotatable bonds is 8. The van der Waals surface area contributed by atoms with Gasteiger partial charge in [0, 0.05) is 12.6 Å². The molecule has 1 N–H and O–H groups in total. The van der Waals surface area contributed by atoms with Gasteiger partial charge in [0.25, 0.3) is 0 Å². The van der Waals surface area contributed by atoms with E-state index in [1.54, 1.807) is 0 Å². The van der Waals surface area contributed by atoms with Crippen LogP contribution in [0.5, 0.6) is 0 Å².